The van der Waals surface area contributed by atoms with Gasteiger partial charge in [0, 0.05) is 12.0 Å². The number of hydrazone groups is 1. The van der Waals surface area contributed by atoms with Gasteiger partial charge in [0.05, 0.1) is 11.8 Å². The van der Waals surface area contributed by atoms with Gasteiger partial charge in [-0.1, -0.05) is 60.7 Å². The van der Waals surface area contributed by atoms with Crippen LogP contribution in [0.25, 0.3) is 0 Å². The first kappa shape index (κ1) is 14.0. The van der Waals surface area contributed by atoms with Crippen LogP contribution in [0.15, 0.2) is 65.8 Å². The Labute approximate surface area is 128 Å². The van der Waals surface area contributed by atoms with Crippen molar-refractivity contribution in [1.29, 1.82) is 0 Å². The van der Waals surface area contributed by atoms with Crippen molar-refractivity contribution in [3.63, 3.8) is 0 Å². The van der Waals surface area contributed by atoms with Crippen LogP contribution in [-0.2, 0) is 0 Å². The molecule has 2 N–H and O–H groups in total. The number of ketones is 1. The average Bonchev–Trinajstić information content (AvgIpc) is 2.56. The van der Waals surface area contributed by atoms with Crippen LogP contribution in [0.3, 0.4) is 0 Å². The minimum atomic E-state index is -0.441. The fraction of sp³-hybridized carbons (Fsp3) is 0.118. The van der Waals surface area contributed by atoms with Crippen LogP contribution < -0.4 is 10.7 Å². The lowest BCUT2D eigenvalue weighted by Crippen LogP contribution is -2.51. The van der Waals surface area contributed by atoms with Crippen molar-refractivity contribution in [1.82, 2.24) is 10.7 Å². The zero-order valence-electron chi connectivity index (χ0n) is 11.8. The SMILES string of the molecule is O=C1NN=C(c2ccccc2)[C@@H](CC(=O)c2ccccc2)N1. The van der Waals surface area contributed by atoms with E-state index in [0.717, 1.165) is 5.56 Å². The lowest BCUT2D eigenvalue weighted by molar-refractivity contribution is 0.0977. The maximum absolute atomic E-state index is 12.4. The summed E-state index contributed by atoms with van der Waals surface area (Å²) in [6.07, 6.45) is 0.172. The van der Waals surface area contributed by atoms with Gasteiger partial charge in [-0.25, -0.2) is 10.2 Å². The van der Waals surface area contributed by atoms with Crippen molar-refractivity contribution < 1.29 is 9.59 Å². The number of hydrogen-bond acceptors (Lipinski definition) is 3. The first-order valence-electron chi connectivity index (χ1n) is 7.02. The average molecular weight is 293 g/mol. The Bertz CT molecular complexity index is 711. The standard InChI is InChI=1S/C17H15N3O2/c21-15(12-7-3-1-4-8-12)11-14-16(19-20-17(22)18-14)13-9-5-2-6-10-13/h1-10,14H,11H2,(H2,18,20,22)/t14-/m1/s1. The summed E-state index contributed by atoms with van der Waals surface area (Å²) in [7, 11) is 0. The Morgan fingerprint density at radius 1 is 1.00 bits per heavy atom. The first-order chi connectivity index (χ1) is 10.7. The second-order valence-electron chi connectivity index (χ2n) is 4.99. The van der Waals surface area contributed by atoms with Gasteiger partial charge in [0.25, 0.3) is 0 Å². The third-order valence-electron chi connectivity index (χ3n) is 3.47. The van der Waals surface area contributed by atoms with Gasteiger partial charge in [0.1, 0.15) is 0 Å². The van der Waals surface area contributed by atoms with Crippen LogP contribution in [0.4, 0.5) is 4.79 Å². The number of hydrogen-bond donors (Lipinski definition) is 2. The first-order valence-corrected chi connectivity index (χ1v) is 7.02. The number of amides is 2. The molecule has 1 atom stereocenters. The number of benzene rings is 2. The predicted octanol–water partition coefficient (Wildman–Crippen LogP) is 2.35. The summed E-state index contributed by atoms with van der Waals surface area (Å²) in [4.78, 5) is 23.9. The molecule has 0 unspecified atom stereocenters. The van der Waals surface area contributed by atoms with Gasteiger partial charge in [-0.05, 0) is 5.56 Å². The van der Waals surface area contributed by atoms with E-state index in [1.165, 1.54) is 0 Å². The molecule has 5 nitrogen and oxygen atoms in total. The second-order valence-corrected chi connectivity index (χ2v) is 4.99. The topological polar surface area (TPSA) is 70.6 Å². The van der Waals surface area contributed by atoms with Crippen molar-refractivity contribution in [3.05, 3.63) is 71.8 Å². The Balaban J connectivity index is 1.84. The molecule has 5 heteroatoms. The number of carbonyl (C=O) groups is 2. The van der Waals surface area contributed by atoms with Crippen molar-refractivity contribution in [2.75, 3.05) is 0 Å². The smallest absolute Gasteiger partial charge is 0.328 e. The molecule has 1 aliphatic heterocycles. The van der Waals surface area contributed by atoms with Gasteiger partial charge >= 0.3 is 6.03 Å². The van der Waals surface area contributed by atoms with Gasteiger partial charge in [-0.3, -0.25) is 4.79 Å². The molecule has 2 aromatic carbocycles. The van der Waals surface area contributed by atoms with Crippen molar-refractivity contribution >= 4 is 17.5 Å². The molecule has 0 fully saturated rings. The molecule has 0 aliphatic carbocycles. The normalized spacial score (nSPS) is 17.2. The number of nitrogens with zero attached hydrogens (tertiary/aromatic N) is 1. The quantitative estimate of drug-likeness (QED) is 0.849. The van der Waals surface area contributed by atoms with Crippen LogP contribution in [0.2, 0.25) is 0 Å². The Kier molecular flexibility index (Phi) is 3.96. The summed E-state index contributed by atoms with van der Waals surface area (Å²) in [6, 6.07) is 17.7. The maximum atomic E-state index is 12.4. The molecule has 3 rings (SSSR count). The number of carbonyl (C=O) groups excluding carboxylic acids is 2. The van der Waals surface area contributed by atoms with Gasteiger partial charge in [0.15, 0.2) is 5.78 Å². The van der Waals surface area contributed by atoms with Crippen LogP contribution in [0.1, 0.15) is 22.3 Å². The predicted molar refractivity (Wildman–Crippen MR) is 83.8 cm³/mol. The Hall–Kier alpha value is -2.95. The van der Waals surface area contributed by atoms with Crippen molar-refractivity contribution in [2.24, 2.45) is 5.10 Å². The molecule has 0 saturated carbocycles. The van der Waals surface area contributed by atoms with Crippen LogP contribution in [0, 0.1) is 0 Å². The number of Topliss-reactive ketones (excluding diaryl/α,β-unsaturated/α-hetero) is 1. The lowest BCUT2D eigenvalue weighted by Gasteiger charge is -2.24. The summed E-state index contributed by atoms with van der Waals surface area (Å²) in [6.45, 7) is 0. The molecule has 0 aromatic heterocycles. The number of urea groups is 1. The van der Waals surface area contributed by atoms with E-state index in [0.29, 0.717) is 11.3 Å². The van der Waals surface area contributed by atoms with E-state index >= 15 is 0 Å². The van der Waals surface area contributed by atoms with Gasteiger partial charge in [-0.15, -0.1) is 0 Å². The third kappa shape index (κ3) is 3.03. The minimum absolute atomic E-state index is 0.0311. The summed E-state index contributed by atoms with van der Waals surface area (Å²) in [5.74, 6) is -0.0311. The summed E-state index contributed by atoms with van der Waals surface area (Å²) < 4.78 is 0. The lowest BCUT2D eigenvalue weighted by atomic mass is 9.96. The number of nitrogens with one attached hydrogen (secondary N) is 2. The largest absolute Gasteiger partial charge is 0.335 e. The zero-order valence-corrected chi connectivity index (χ0v) is 11.8. The highest BCUT2D eigenvalue weighted by Gasteiger charge is 2.27. The fourth-order valence-electron chi connectivity index (χ4n) is 2.40. The summed E-state index contributed by atoms with van der Waals surface area (Å²) >= 11 is 0. The molecule has 110 valence electrons. The maximum Gasteiger partial charge on any atom is 0.335 e. The molecule has 0 bridgehead atoms. The molecule has 0 radical (unpaired) electrons. The summed E-state index contributed by atoms with van der Waals surface area (Å²) in [5.41, 5.74) is 4.56. The molecule has 22 heavy (non-hydrogen) atoms. The fourth-order valence-corrected chi connectivity index (χ4v) is 2.40. The number of rotatable bonds is 4. The molecular formula is C17H15N3O2. The van der Waals surface area contributed by atoms with E-state index < -0.39 is 12.1 Å². The van der Waals surface area contributed by atoms with Gasteiger partial charge < -0.3 is 5.32 Å². The van der Waals surface area contributed by atoms with Crippen LogP contribution in [-0.4, -0.2) is 23.6 Å². The second kappa shape index (κ2) is 6.22. The molecule has 1 aliphatic rings. The van der Waals surface area contributed by atoms with Crippen molar-refractivity contribution in [3.8, 4) is 0 Å². The summed E-state index contributed by atoms with van der Waals surface area (Å²) in [5, 5.41) is 6.88. The molecular weight excluding hydrogens is 278 g/mol. The van der Waals surface area contributed by atoms with E-state index in [9.17, 15) is 9.59 Å². The Morgan fingerprint density at radius 3 is 2.32 bits per heavy atom. The third-order valence-corrected chi connectivity index (χ3v) is 3.47. The highest BCUT2D eigenvalue weighted by atomic mass is 16.2. The molecule has 1 heterocycles. The van der Waals surface area contributed by atoms with Crippen LogP contribution >= 0.6 is 0 Å². The molecule has 2 amide bonds. The van der Waals surface area contributed by atoms with E-state index in [1.807, 2.05) is 48.5 Å². The van der Waals surface area contributed by atoms with E-state index in [1.54, 1.807) is 12.1 Å². The molecule has 2 aromatic rings. The highest BCUT2D eigenvalue weighted by Crippen LogP contribution is 2.13. The van der Waals surface area contributed by atoms with Gasteiger partial charge in [0.2, 0.25) is 0 Å². The monoisotopic (exact) mass is 293 g/mol. The van der Waals surface area contributed by atoms with Crippen molar-refractivity contribution in [2.45, 2.75) is 12.5 Å². The Morgan fingerprint density at radius 2 is 1.64 bits per heavy atom. The van der Waals surface area contributed by atoms with E-state index in [2.05, 4.69) is 15.8 Å². The van der Waals surface area contributed by atoms with Crippen LogP contribution in [0.5, 0.6) is 0 Å². The molecule has 0 saturated heterocycles. The minimum Gasteiger partial charge on any atom is -0.328 e. The highest BCUT2D eigenvalue weighted by molar-refractivity contribution is 6.10. The zero-order chi connectivity index (χ0) is 15.4. The molecule has 0 spiro atoms. The van der Waals surface area contributed by atoms with E-state index in [-0.39, 0.29) is 12.2 Å². The van der Waals surface area contributed by atoms with Gasteiger partial charge in [-0.2, -0.15) is 5.10 Å². The van der Waals surface area contributed by atoms with E-state index in [4.69, 9.17) is 0 Å².